The van der Waals surface area contributed by atoms with E-state index in [1.54, 1.807) is 0 Å². The van der Waals surface area contributed by atoms with Crippen LogP contribution in [-0.2, 0) is 4.79 Å². The Hall–Kier alpha value is -3.05. The number of amides is 1. The topological polar surface area (TPSA) is 46.4 Å². The number of amidine groups is 1. The summed E-state index contributed by atoms with van der Waals surface area (Å²) in [5.74, 6) is -0.108. The molecule has 0 bridgehead atoms. The molecule has 1 amide bonds. The van der Waals surface area contributed by atoms with E-state index in [1.165, 1.54) is 17.3 Å². The molecule has 0 aliphatic carbocycles. The van der Waals surface area contributed by atoms with E-state index in [4.69, 9.17) is 0 Å². The predicted octanol–water partition coefficient (Wildman–Crippen LogP) is 5.91. The zero-order chi connectivity index (χ0) is 21.4. The van der Waals surface area contributed by atoms with Crippen LogP contribution < -0.4 is 5.32 Å². The van der Waals surface area contributed by atoms with E-state index >= 15 is 0 Å². The van der Waals surface area contributed by atoms with Crippen LogP contribution in [0.2, 0.25) is 0 Å². The van der Waals surface area contributed by atoms with Gasteiger partial charge in [0.2, 0.25) is 0 Å². The number of aliphatic imine (C=N–C) groups is 1. The highest BCUT2D eigenvalue weighted by atomic mass is 32.2. The molecular weight excluding hydrogens is 390 g/mol. The molecule has 0 radical (unpaired) electrons. The van der Waals surface area contributed by atoms with E-state index in [2.05, 4.69) is 72.0 Å². The van der Waals surface area contributed by atoms with Crippen molar-refractivity contribution in [2.24, 2.45) is 4.99 Å². The molecule has 0 unspecified atom stereocenters. The van der Waals surface area contributed by atoms with Crippen molar-refractivity contribution in [1.29, 1.82) is 0 Å². The number of hydrogen-bond donors (Lipinski definition) is 1. The maximum atomic E-state index is 12.5. The fourth-order valence-corrected chi connectivity index (χ4v) is 4.61. The largest absolute Gasteiger partial charge is 0.318 e. The summed E-state index contributed by atoms with van der Waals surface area (Å²) in [6.45, 7) is 10.4. The Kier molecular flexibility index (Phi) is 5.39. The Labute approximate surface area is 181 Å². The lowest BCUT2D eigenvalue weighted by Crippen LogP contribution is -2.19. The molecule has 1 aromatic heterocycles. The minimum absolute atomic E-state index is 0.108. The second kappa shape index (κ2) is 8.00. The van der Waals surface area contributed by atoms with Gasteiger partial charge in [0.05, 0.1) is 10.6 Å². The molecule has 5 heteroatoms. The minimum Gasteiger partial charge on any atom is -0.318 e. The Morgan fingerprint density at radius 3 is 2.23 bits per heavy atom. The van der Waals surface area contributed by atoms with E-state index in [9.17, 15) is 4.79 Å². The van der Waals surface area contributed by atoms with E-state index in [-0.39, 0.29) is 5.91 Å². The molecule has 2 aromatic carbocycles. The molecule has 1 aliphatic heterocycles. The average Bonchev–Trinajstić information content (AvgIpc) is 3.14. The molecule has 0 spiro atoms. The summed E-state index contributed by atoms with van der Waals surface area (Å²) >= 11 is 1.38. The molecule has 4 nitrogen and oxygen atoms in total. The van der Waals surface area contributed by atoms with E-state index in [1.807, 2.05) is 32.1 Å². The van der Waals surface area contributed by atoms with Crippen molar-refractivity contribution < 1.29 is 4.79 Å². The summed E-state index contributed by atoms with van der Waals surface area (Å²) in [6.07, 6.45) is 1.96. The molecule has 1 N–H and O–H groups in total. The standard InChI is InChI=1S/C25H25N3OS/c1-15-6-8-22(9-7-15)28-18(4)13-20(19(28)5)14-23-24(29)27-25(30-23)26-21-11-16(2)10-17(3)12-21/h6-14H,1-5H3,(H,26,27,29). The number of thioether (sulfide) groups is 1. The summed E-state index contributed by atoms with van der Waals surface area (Å²) < 4.78 is 2.22. The molecule has 0 saturated carbocycles. The van der Waals surface area contributed by atoms with Crippen molar-refractivity contribution in [2.75, 3.05) is 0 Å². The molecule has 4 rings (SSSR count). The van der Waals surface area contributed by atoms with Gasteiger partial charge in [-0.15, -0.1) is 0 Å². The van der Waals surface area contributed by atoms with Gasteiger partial charge in [-0.1, -0.05) is 23.8 Å². The monoisotopic (exact) mass is 415 g/mol. The Morgan fingerprint density at radius 2 is 1.57 bits per heavy atom. The number of nitrogens with one attached hydrogen (secondary N) is 1. The normalized spacial score (nSPS) is 16.5. The van der Waals surface area contributed by atoms with Gasteiger partial charge >= 0.3 is 0 Å². The Morgan fingerprint density at radius 1 is 0.900 bits per heavy atom. The van der Waals surface area contributed by atoms with Crippen molar-refractivity contribution in [1.82, 2.24) is 9.88 Å². The highest BCUT2D eigenvalue weighted by Crippen LogP contribution is 2.31. The van der Waals surface area contributed by atoms with E-state index < -0.39 is 0 Å². The first kappa shape index (κ1) is 20.2. The maximum absolute atomic E-state index is 12.5. The van der Waals surface area contributed by atoms with Gasteiger partial charge in [0.1, 0.15) is 0 Å². The van der Waals surface area contributed by atoms with Gasteiger partial charge in [-0.2, -0.15) is 0 Å². The third kappa shape index (κ3) is 4.12. The number of carbonyl (C=O) groups excluding carboxylic acids is 1. The average molecular weight is 416 g/mol. The number of rotatable bonds is 3. The van der Waals surface area contributed by atoms with Gasteiger partial charge < -0.3 is 9.88 Å². The summed E-state index contributed by atoms with van der Waals surface area (Å²) in [6, 6.07) is 16.7. The van der Waals surface area contributed by atoms with E-state index in [0.717, 1.165) is 39.5 Å². The van der Waals surface area contributed by atoms with Crippen LogP contribution in [0.25, 0.3) is 11.8 Å². The van der Waals surface area contributed by atoms with Crippen LogP contribution in [0.4, 0.5) is 5.69 Å². The number of carbonyl (C=O) groups is 1. The van der Waals surface area contributed by atoms with Gasteiger partial charge in [-0.3, -0.25) is 4.79 Å². The molecule has 1 aliphatic rings. The highest BCUT2D eigenvalue weighted by molar-refractivity contribution is 8.18. The zero-order valence-corrected chi connectivity index (χ0v) is 18.7. The van der Waals surface area contributed by atoms with Crippen LogP contribution in [0.15, 0.2) is 58.4 Å². The minimum atomic E-state index is -0.108. The van der Waals surface area contributed by atoms with Crippen molar-refractivity contribution in [3.63, 3.8) is 0 Å². The van der Waals surface area contributed by atoms with Gasteiger partial charge in [0.25, 0.3) is 5.91 Å². The van der Waals surface area contributed by atoms with Crippen LogP contribution in [0.5, 0.6) is 0 Å². The first-order valence-corrected chi connectivity index (χ1v) is 10.8. The summed E-state index contributed by atoms with van der Waals surface area (Å²) in [5.41, 5.74) is 8.81. The molecule has 2 heterocycles. The third-order valence-electron chi connectivity index (χ3n) is 5.14. The van der Waals surface area contributed by atoms with Crippen LogP contribution in [0.3, 0.4) is 0 Å². The first-order chi connectivity index (χ1) is 14.3. The summed E-state index contributed by atoms with van der Waals surface area (Å²) in [4.78, 5) is 17.8. The third-order valence-corrected chi connectivity index (χ3v) is 6.05. The fourth-order valence-electron chi connectivity index (χ4n) is 3.78. The quantitative estimate of drug-likeness (QED) is 0.541. The number of hydrogen-bond acceptors (Lipinski definition) is 3. The van der Waals surface area contributed by atoms with Gasteiger partial charge in [0.15, 0.2) is 5.17 Å². The van der Waals surface area contributed by atoms with Crippen LogP contribution >= 0.6 is 11.8 Å². The van der Waals surface area contributed by atoms with Crippen LogP contribution in [-0.4, -0.2) is 15.6 Å². The predicted molar refractivity (Wildman–Crippen MR) is 127 cm³/mol. The zero-order valence-electron chi connectivity index (χ0n) is 17.9. The van der Waals surface area contributed by atoms with E-state index in [0.29, 0.717) is 10.1 Å². The Balaban J connectivity index is 1.64. The van der Waals surface area contributed by atoms with Crippen molar-refractivity contribution in [3.05, 3.63) is 87.1 Å². The molecule has 3 aromatic rings. The second-order valence-corrected chi connectivity index (χ2v) is 8.86. The lowest BCUT2D eigenvalue weighted by molar-refractivity contribution is -0.115. The SMILES string of the molecule is Cc1ccc(-n2c(C)cc(C=C3SC(=Nc4cc(C)cc(C)c4)NC3=O)c2C)cc1. The number of aromatic nitrogens is 1. The molecule has 1 saturated heterocycles. The molecule has 1 fully saturated rings. The van der Waals surface area contributed by atoms with Crippen LogP contribution in [0, 0.1) is 34.6 Å². The fraction of sp³-hybridized carbons (Fsp3) is 0.200. The number of benzene rings is 2. The van der Waals surface area contributed by atoms with Crippen LogP contribution in [0.1, 0.15) is 33.6 Å². The van der Waals surface area contributed by atoms with Crippen molar-refractivity contribution in [3.8, 4) is 5.69 Å². The molecule has 152 valence electrons. The number of aryl methyl sites for hydroxylation is 4. The van der Waals surface area contributed by atoms with Gasteiger partial charge in [-0.25, -0.2) is 4.99 Å². The lowest BCUT2D eigenvalue weighted by atomic mass is 10.1. The maximum Gasteiger partial charge on any atom is 0.264 e. The smallest absolute Gasteiger partial charge is 0.264 e. The van der Waals surface area contributed by atoms with Gasteiger partial charge in [0, 0.05) is 17.1 Å². The lowest BCUT2D eigenvalue weighted by Gasteiger charge is -2.10. The summed E-state index contributed by atoms with van der Waals surface area (Å²) in [7, 11) is 0. The summed E-state index contributed by atoms with van der Waals surface area (Å²) in [5, 5.41) is 3.50. The van der Waals surface area contributed by atoms with Gasteiger partial charge in [-0.05, 0) is 99.5 Å². The molecule has 0 atom stereocenters. The van der Waals surface area contributed by atoms with Crippen molar-refractivity contribution >= 4 is 34.6 Å². The highest BCUT2D eigenvalue weighted by Gasteiger charge is 2.24. The second-order valence-electron chi connectivity index (χ2n) is 7.83. The molecule has 30 heavy (non-hydrogen) atoms. The van der Waals surface area contributed by atoms with Crippen molar-refractivity contribution in [2.45, 2.75) is 34.6 Å². The Bertz CT molecular complexity index is 1180. The number of nitrogens with zero attached hydrogens (tertiary/aromatic N) is 2. The molecular formula is C25H25N3OS. The first-order valence-electron chi connectivity index (χ1n) is 9.94.